The Morgan fingerprint density at radius 2 is 1.75 bits per heavy atom. The van der Waals surface area contributed by atoms with Crippen molar-refractivity contribution in [2.45, 2.75) is 46.1 Å². The van der Waals surface area contributed by atoms with Crippen molar-refractivity contribution >= 4 is 29.4 Å². The van der Waals surface area contributed by atoms with E-state index in [0.717, 1.165) is 52.0 Å². The number of anilines is 1. The lowest BCUT2D eigenvalue weighted by Crippen LogP contribution is -2.48. The number of ether oxygens (including phenoxy) is 1. The number of rotatable bonds is 7. The molecule has 3 aliphatic rings. The molecule has 3 amide bonds. The molecule has 0 aliphatic carbocycles. The van der Waals surface area contributed by atoms with Gasteiger partial charge in [0.1, 0.15) is 6.61 Å². The van der Waals surface area contributed by atoms with Crippen LogP contribution in [0.25, 0.3) is 0 Å². The van der Waals surface area contributed by atoms with Crippen molar-refractivity contribution < 1.29 is 23.9 Å². The predicted octanol–water partition coefficient (Wildman–Crippen LogP) is 2.27. The lowest BCUT2D eigenvalue weighted by atomic mass is 10.0. The van der Waals surface area contributed by atoms with Crippen LogP contribution in [0, 0.1) is 0 Å². The third-order valence-corrected chi connectivity index (χ3v) is 6.58. The van der Waals surface area contributed by atoms with Gasteiger partial charge in [-0.15, -0.1) is 0 Å². The number of hydrogen-bond donors (Lipinski definition) is 0. The molecule has 0 spiro atoms. The average Bonchev–Trinajstić information content (AvgIpc) is 3.25. The maximum Gasteiger partial charge on any atom is 0.338 e. The zero-order chi connectivity index (χ0) is 22.8. The molecule has 0 atom stereocenters. The number of piperazine rings is 1. The van der Waals surface area contributed by atoms with Gasteiger partial charge in [0.15, 0.2) is 0 Å². The topological polar surface area (TPSA) is 87.2 Å². The van der Waals surface area contributed by atoms with Crippen molar-refractivity contribution in [2.24, 2.45) is 0 Å². The second-order valence-electron chi connectivity index (χ2n) is 8.63. The van der Waals surface area contributed by atoms with Crippen LogP contribution in [0.1, 0.15) is 55.5 Å². The molecule has 3 aliphatic heterocycles. The molecule has 8 heteroatoms. The van der Waals surface area contributed by atoms with Gasteiger partial charge in [0.25, 0.3) is 11.8 Å². The molecule has 1 fully saturated rings. The first-order chi connectivity index (χ1) is 15.4. The summed E-state index contributed by atoms with van der Waals surface area (Å²) in [7, 11) is 0. The van der Waals surface area contributed by atoms with E-state index in [1.165, 1.54) is 4.90 Å². The van der Waals surface area contributed by atoms with Crippen LogP contribution in [-0.2, 0) is 25.7 Å². The number of hydrogen-bond acceptors (Lipinski definition) is 6. The highest BCUT2D eigenvalue weighted by molar-refractivity contribution is 6.32. The zero-order valence-electron chi connectivity index (χ0n) is 18.7. The number of benzene rings is 1. The molecule has 32 heavy (non-hydrogen) atoms. The fraction of sp³-hybridized carbons (Fsp3) is 0.500. The molecule has 8 nitrogen and oxygen atoms in total. The van der Waals surface area contributed by atoms with Gasteiger partial charge in [0.05, 0.1) is 11.3 Å². The summed E-state index contributed by atoms with van der Waals surface area (Å²) in [5.41, 5.74) is 2.75. The van der Waals surface area contributed by atoms with Gasteiger partial charge in [-0.1, -0.05) is 6.42 Å². The van der Waals surface area contributed by atoms with Crippen molar-refractivity contribution in [1.29, 1.82) is 0 Å². The second kappa shape index (κ2) is 9.24. The minimum absolute atomic E-state index is 0.139. The molecule has 0 unspecified atom stereocenters. The van der Waals surface area contributed by atoms with E-state index >= 15 is 0 Å². The van der Waals surface area contributed by atoms with Crippen LogP contribution in [0.3, 0.4) is 0 Å². The molecule has 170 valence electrons. The number of imide groups is 1. The third-order valence-electron chi connectivity index (χ3n) is 6.58. The summed E-state index contributed by atoms with van der Waals surface area (Å²) in [6.07, 6.45) is 3.43. The highest BCUT2D eigenvalue weighted by Crippen LogP contribution is 2.32. The SMILES string of the molecule is CC(=O)N1CCN(CCCCCC2=C(C)C(=O)N(c3ccc4c(c3)COC4=O)C2=O)CC1. The second-order valence-corrected chi connectivity index (χ2v) is 8.63. The summed E-state index contributed by atoms with van der Waals surface area (Å²) in [6, 6.07) is 4.94. The summed E-state index contributed by atoms with van der Waals surface area (Å²) in [5.74, 6) is -0.794. The monoisotopic (exact) mass is 439 g/mol. The van der Waals surface area contributed by atoms with Crippen LogP contribution in [-0.4, -0.2) is 66.2 Å². The molecule has 4 rings (SSSR count). The quantitative estimate of drug-likeness (QED) is 0.368. The maximum atomic E-state index is 13.0. The Kier molecular flexibility index (Phi) is 6.41. The van der Waals surface area contributed by atoms with Gasteiger partial charge >= 0.3 is 5.97 Å². The van der Waals surface area contributed by atoms with Gasteiger partial charge in [0.2, 0.25) is 5.91 Å². The lowest BCUT2D eigenvalue weighted by Gasteiger charge is -2.34. The normalized spacial score (nSPS) is 19.1. The van der Waals surface area contributed by atoms with E-state index < -0.39 is 0 Å². The number of esters is 1. The number of carbonyl (C=O) groups excluding carboxylic acids is 4. The first kappa shape index (κ1) is 22.2. The molecule has 1 aromatic rings. The van der Waals surface area contributed by atoms with Gasteiger partial charge in [-0.2, -0.15) is 0 Å². The van der Waals surface area contributed by atoms with Gasteiger partial charge in [0, 0.05) is 49.8 Å². The van der Waals surface area contributed by atoms with Gasteiger partial charge in [-0.3, -0.25) is 19.3 Å². The highest BCUT2D eigenvalue weighted by atomic mass is 16.5. The van der Waals surface area contributed by atoms with Crippen molar-refractivity contribution in [1.82, 2.24) is 9.80 Å². The van der Waals surface area contributed by atoms with Crippen LogP contribution in [0.15, 0.2) is 29.3 Å². The minimum atomic E-state index is -0.374. The third kappa shape index (κ3) is 4.32. The smallest absolute Gasteiger partial charge is 0.338 e. The molecule has 0 saturated carbocycles. The van der Waals surface area contributed by atoms with Crippen LogP contribution in [0.2, 0.25) is 0 Å². The van der Waals surface area contributed by atoms with Crippen LogP contribution in [0.4, 0.5) is 5.69 Å². The Hall–Kier alpha value is -3.00. The number of amides is 3. The van der Waals surface area contributed by atoms with E-state index in [-0.39, 0.29) is 30.3 Å². The number of cyclic esters (lactones) is 1. The van der Waals surface area contributed by atoms with Crippen LogP contribution < -0.4 is 4.90 Å². The molecular weight excluding hydrogens is 410 g/mol. The number of fused-ring (bicyclic) bond motifs is 1. The maximum absolute atomic E-state index is 13.0. The number of unbranched alkanes of at least 4 members (excludes halogenated alkanes) is 2. The first-order valence-corrected chi connectivity index (χ1v) is 11.2. The van der Waals surface area contributed by atoms with Gasteiger partial charge in [-0.25, -0.2) is 9.69 Å². The van der Waals surface area contributed by atoms with E-state index in [4.69, 9.17) is 4.74 Å². The van der Waals surface area contributed by atoms with Gasteiger partial charge < -0.3 is 9.64 Å². The Labute approximate surface area is 187 Å². The Bertz CT molecular complexity index is 991. The molecular formula is C24H29N3O5. The number of carbonyl (C=O) groups is 4. The van der Waals surface area contributed by atoms with E-state index in [1.807, 2.05) is 4.90 Å². The summed E-state index contributed by atoms with van der Waals surface area (Å²) in [5, 5.41) is 0. The predicted molar refractivity (Wildman–Crippen MR) is 118 cm³/mol. The fourth-order valence-corrected chi connectivity index (χ4v) is 4.57. The number of nitrogens with zero attached hydrogens (tertiary/aromatic N) is 3. The molecule has 1 saturated heterocycles. The van der Waals surface area contributed by atoms with E-state index in [9.17, 15) is 19.2 Å². The molecule has 1 aromatic carbocycles. The molecule has 0 bridgehead atoms. The lowest BCUT2D eigenvalue weighted by molar-refractivity contribution is -0.130. The van der Waals surface area contributed by atoms with E-state index in [1.54, 1.807) is 32.0 Å². The molecule has 3 heterocycles. The van der Waals surface area contributed by atoms with Gasteiger partial charge in [-0.05, 0) is 50.9 Å². The minimum Gasteiger partial charge on any atom is -0.457 e. The molecule has 0 radical (unpaired) electrons. The summed E-state index contributed by atoms with van der Waals surface area (Å²) >= 11 is 0. The largest absolute Gasteiger partial charge is 0.457 e. The van der Waals surface area contributed by atoms with E-state index in [2.05, 4.69) is 4.90 Å². The summed E-state index contributed by atoms with van der Waals surface area (Å²) < 4.78 is 5.01. The van der Waals surface area contributed by atoms with Crippen molar-refractivity contribution in [3.63, 3.8) is 0 Å². The fourth-order valence-electron chi connectivity index (χ4n) is 4.57. The summed E-state index contributed by atoms with van der Waals surface area (Å²) in [6.45, 7) is 7.87. The Morgan fingerprint density at radius 3 is 2.47 bits per heavy atom. The van der Waals surface area contributed by atoms with Crippen LogP contribution in [0.5, 0.6) is 0 Å². The van der Waals surface area contributed by atoms with Crippen LogP contribution >= 0.6 is 0 Å². The summed E-state index contributed by atoms with van der Waals surface area (Å²) in [4.78, 5) is 54.3. The molecule has 0 aromatic heterocycles. The van der Waals surface area contributed by atoms with Crippen molar-refractivity contribution in [3.05, 3.63) is 40.5 Å². The van der Waals surface area contributed by atoms with Crippen molar-refractivity contribution in [3.8, 4) is 0 Å². The average molecular weight is 440 g/mol. The van der Waals surface area contributed by atoms with E-state index in [0.29, 0.717) is 34.4 Å². The Balaban J connectivity index is 1.27. The first-order valence-electron chi connectivity index (χ1n) is 11.2. The highest BCUT2D eigenvalue weighted by Gasteiger charge is 2.37. The van der Waals surface area contributed by atoms with Crippen molar-refractivity contribution in [2.75, 3.05) is 37.6 Å². The molecule has 0 N–H and O–H groups in total. The Morgan fingerprint density at radius 1 is 1.00 bits per heavy atom. The standard InChI is InChI=1S/C24H29N3O5/c1-16-20(6-4-3-5-9-25-10-12-26(13-11-25)17(2)28)23(30)27(22(16)29)19-7-8-21-18(14-19)15-32-24(21)31/h7-8,14H,3-6,9-13,15H2,1-2H3. The zero-order valence-corrected chi connectivity index (χ0v) is 18.7.